The van der Waals surface area contributed by atoms with E-state index in [0.717, 1.165) is 6.07 Å². The van der Waals surface area contributed by atoms with Crippen LogP contribution in [0.25, 0.3) is 0 Å². The summed E-state index contributed by atoms with van der Waals surface area (Å²) in [5.41, 5.74) is 0.106. The minimum atomic E-state index is -1.15. The van der Waals surface area contributed by atoms with Gasteiger partial charge in [-0.25, -0.2) is 9.78 Å². The Morgan fingerprint density at radius 3 is 2.54 bits per heavy atom. The maximum Gasteiger partial charge on any atom is 0.339 e. The van der Waals surface area contributed by atoms with E-state index in [2.05, 4.69) is 10.3 Å². The second-order valence-electron chi connectivity index (χ2n) is 7.12. The second-order valence-corrected chi connectivity index (χ2v) is 7.48. The van der Waals surface area contributed by atoms with Crippen LogP contribution >= 0.6 is 11.6 Å². The van der Waals surface area contributed by atoms with Crippen molar-refractivity contribution in [1.82, 2.24) is 4.98 Å². The number of halogens is 1. The van der Waals surface area contributed by atoms with Gasteiger partial charge in [0, 0.05) is 17.8 Å². The largest absolute Gasteiger partial charge is 0.449 e. The fraction of sp³-hybridized carbons (Fsp3) is 0.316. The van der Waals surface area contributed by atoms with E-state index in [1.165, 1.54) is 25.3 Å². The highest BCUT2D eigenvalue weighted by Crippen LogP contribution is 2.32. The number of pyridine rings is 1. The molecule has 0 aliphatic carbocycles. The Morgan fingerprint density at radius 2 is 1.96 bits per heavy atom. The van der Waals surface area contributed by atoms with Crippen LogP contribution in [0.2, 0.25) is 5.15 Å². The molecule has 148 valence electrons. The van der Waals surface area contributed by atoms with Crippen LogP contribution in [0.15, 0.2) is 36.5 Å². The third-order valence-electron chi connectivity index (χ3n) is 3.91. The highest BCUT2D eigenvalue weighted by atomic mass is 35.5. The fourth-order valence-corrected chi connectivity index (χ4v) is 2.61. The van der Waals surface area contributed by atoms with Crippen molar-refractivity contribution >= 4 is 34.9 Å². The lowest BCUT2D eigenvalue weighted by Crippen LogP contribution is -2.30. The number of hydrogen-bond donors (Lipinski definition) is 1. The minimum Gasteiger partial charge on any atom is -0.449 e. The molecular weight excluding hydrogens is 386 g/mol. The molecule has 0 bridgehead atoms. The van der Waals surface area contributed by atoms with E-state index in [9.17, 15) is 19.7 Å². The number of esters is 1. The normalized spacial score (nSPS) is 12.2. The van der Waals surface area contributed by atoms with Crippen molar-refractivity contribution < 1.29 is 19.2 Å². The fourth-order valence-electron chi connectivity index (χ4n) is 2.44. The first-order valence-corrected chi connectivity index (χ1v) is 8.79. The first-order chi connectivity index (χ1) is 13.0. The van der Waals surface area contributed by atoms with Gasteiger partial charge in [0.15, 0.2) is 11.3 Å². The number of ether oxygens (including phenoxy) is 1. The van der Waals surface area contributed by atoms with Gasteiger partial charge in [-0.05, 0) is 30.5 Å². The number of nitro benzene ring substituents is 1. The van der Waals surface area contributed by atoms with Gasteiger partial charge in [-0.3, -0.25) is 14.9 Å². The molecule has 0 aliphatic heterocycles. The topological polar surface area (TPSA) is 111 Å². The third kappa shape index (κ3) is 5.04. The van der Waals surface area contributed by atoms with Crippen molar-refractivity contribution in [2.75, 3.05) is 5.32 Å². The van der Waals surface area contributed by atoms with Crippen LogP contribution in [0.1, 0.15) is 43.6 Å². The minimum absolute atomic E-state index is 0.0150. The molecule has 1 aromatic carbocycles. The number of nitro groups is 1. The molecule has 0 radical (unpaired) electrons. The number of aromatic nitrogens is 1. The zero-order chi connectivity index (χ0) is 21.1. The predicted molar refractivity (Wildman–Crippen MR) is 105 cm³/mol. The van der Waals surface area contributed by atoms with Crippen LogP contribution < -0.4 is 5.32 Å². The van der Waals surface area contributed by atoms with Gasteiger partial charge < -0.3 is 10.1 Å². The Balaban J connectivity index is 2.15. The van der Waals surface area contributed by atoms with E-state index in [-0.39, 0.29) is 22.1 Å². The molecule has 2 rings (SSSR count). The number of amides is 1. The van der Waals surface area contributed by atoms with Gasteiger partial charge in [-0.1, -0.05) is 38.4 Å². The van der Waals surface area contributed by atoms with Crippen LogP contribution in [0.4, 0.5) is 11.4 Å². The summed E-state index contributed by atoms with van der Waals surface area (Å²) in [5, 5.41) is 14.0. The van der Waals surface area contributed by atoms with E-state index >= 15 is 0 Å². The lowest BCUT2D eigenvalue weighted by atomic mass is 9.85. The highest BCUT2D eigenvalue weighted by Gasteiger charge is 2.27. The van der Waals surface area contributed by atoms with Crippen LogP contribution in [0, 0.1) is 10.1 Å². The summed E-state index contributed by atoms with van der Waals surface area (Å²) in [5.74, 6) is -1.45. The average molecular weight is 406 g/mol. The van der Waals surface area contributed by atoms with Crippen molar-refractivity contribution in [1.29, 1.82) is 0 Å². The maximum atomic E-state index is 12.4. The molecule has 0 saturated heterocycles. The summed E-state index contributed by atoms with van der Waals surface area (Å²) in [7, 11) is 0. The van der Waals surface area contributed by atoms with E-state index in [0.29, 0.717) is 5.56 Å². The van der Waals surface area contributed by atoms with Crippen molar-refractivity contribution in [2.24, 2.45) is 0 Å². The molecule has 1 atom stereocenters. The van der Waals surface area contributed by atoms with E-state index < -0.39 is 28.3 Å². The van der Waals surface area contributed by atoms with Gasteiger partial charge >= 0.3 is 5.97 Å². The SMILES string of the molecule is CC(OC(=O)c1ccc(C(C)(C)C)c([N+](=O)[O-])c1)C(=O)Nc1cccnc1Cl. The number of carbonyl (C=O) groups excluding carboxylic acids is 2. The summed E-state index contributed by atoms with van der Waals surface area (Å²) >= 11 is 5.88. The third-order valence-corrected chi connectivity index (χ3v) is 4.21. The molecule has 1 amide bonds. The highest BCUT2D eigenvalue weighted by molar-refractivity contribution is 6.32. The summed E-state index contributed by atoms with van der Waals surface area (Å²) in [4.78, 5) is 39.2. The number of rotatable bonds is 5. The van der Waals surface area contributed by atoms with Gasteiger partial charge in [0.25, 0.3) is 11.6 Å². The quantitative estimate of drug-likeness (QED) is 0.346. The molecule has 1 aromatic heterocycles. The predicted octanol–water partition coefficient (Wildman–Crippen LogP) is 4.12. The number of nitrogens with one attached hydrogen (secondary N) is 1. The Hall–Kier alpha value is -3.00. The molecule has 28 heavy (non-hydrogen) atoms. The standard InChI is InChI=1S/C19H20ClN3O5/c1-11(17(24)22-14-6-5-9-21-16(14)20)28-18(25)12-7-8-13(19(2,3)4)15(10-12)23(26)27/h5-11H,1-4H3,(H,22,24). The molecule has 0 spiro atoms. The first kappa shape index (κ1) is 21.3. The van der Waals surface area contributed by atoms with E-state index in [1.807, 2.05) is 20.8 Å². The van der Waals surface area contributed by atoms with Crippen molar-refractivity contribution in [3.05, 3.63) is 62.9 Å². The van der Waals surface area contributed by atoms with Crippen LogP contribution in [0.5, 0.6) is 0 Å². The van der Waals surface area contributed by atoms with Crippen molar-refractivity contribution in [3.63, 3.8) is 0 Å². The van der Waals surface area contributed by atoms with Crippen LogP contribution in [-0.2, 0) is 14.9 Å². The lowest BCUT2D eigenvalue weighted by Gasteiger charge is -2.19. The molecule has 2 aromatic rings. The van der Waals surface area contributed by atoms with E-state index in [1.54, 1.807) is 12.1 Å². The summed E-state index contributed by atoms with van der Waals surface area (Å²) < 4.78 is 5.13. The van der Waals surface area contributed by atoms with Gasteiger partial charge in [-0.15, -0.1) is 0 Å². The molecular formula is C19H20ClN3O5. The van der Waals surface area contributed by atoms with E-state index in [4.69, 9.17) is 16.3 Å². The number of anilines is 1. The summed E-state index contributed by atoms with van der Waals surface area (Å²) in [6, 6.07) is 7.27. The smallest absolute Gasteiger partial charge is 0.339 e. The summed E-state index contributed by atoms with van der Waals surface area (Å²) in [6.45, 7) is 6.89. The Morgan fingerprint density at radius 1 is 1.29 bits per heavy atom. The molecule has 9 heteroatoms. The molecule has 1 unspecified atom stereocenters. The first-order valence-electron chi connectivity index (χ1n) is 8.42. The second kappa shape index (κ2) is 8.35. The Bertz CT molecular complexity index is 924. The molecule has 8 nitrogen and oxygen atoms in total. The molecule has 0 saturated carbocycles. The molecule has 0 fully saturated rings. The lowest BCUT2D eigenvalue weighted by molar-refractivity contribution is -0.386. The van der Waals surface area contributed by atoms with Gasteiger partial charge in [0.1, 0.15) is 0 Å². The van der Waals surface area contributed by atoms with Crippen molar-refractivity contribution in [3.8, 4) is 0 Å². The zero-order valence-electron chi connectivity index (χ0n) is 15.9. The monoisotopic (exact) mass is 405 g/mol. The Kier molecular flexibility index (Phi) is 6.35. The number of hydrogen-bond acceptors (Lipinski definition) is 6. The van der Waals surface area contributed by atoms with Crippen molar-refractivity contribution in [2.45, 2.75) is 39.2 Å². The number of carbonyl (C=O) groups is 2. The molecule has 1 heterocycles. The number of nitrogens with zero attached hydrogens (tertiary/aromatic N) is 2. The van der Waals surface area contributed by atoms with Gasteiger partial charge in [0.05, 0.1) is 16.2 Å². The summed E-state index contributed by atoms with van der Waals surface area (Å²) in [6.07, 6.45) is 0.320. The zero-order valence-corrected chi connectivity index (χ0v) is 16.6. The Labute approximate surface area is 167 Å². The van der Waals surface area contributed by atoms with Gasteiger partial charge in [0.2, 0.25) is 0 Å². The van der Waals surface area contributed by atoms with Crippen LogP contribution in [-0.4, -0.2) is 27.9 Å². The molecule has 0 aliphatic rings. The molecule has 1 N–H and O–H groups in total. The average Bonchev–Trinajstić information content (AvgIpc) is 2.62. The number of benzene rings is 1. The maximum absolute atomic E-state index is 12.4. The van der Waals surface area contributed by atoms with Crippen LogP contribution in [0.3, 0.4) is 0 Å². The van der Waals surface area contributed by atoms with Gasteiger partial charge in [-0.2, -0.15) is 0 Å².